The fourth-order valence-electron chi connectivity index (χ4n) is 4.22. The van der Waals surface area contributed by atoms with Crippen LogP contribution in [0, 0.1) is 18.3 Å². The number of aryl methyl sites for hydroxylation is 1. The first kappa shape index (κ1) is 17.4. The van der Waals surface area contributed by atoms with Crippen LogP contribution in [0.25, 0.3) is 0 Å². The molecule has 1 aromatic rings. The first-order valence-electron chi connectivity index (χ1n) is 9.21. The summed E-state index contributed by atoms with van der Waals surface area (Å²) in [6.45, 7) is 8.80. The Morgan fingerprint density at radius 2 is 2.21 bits per heavy atom. The van der Waals surface area contributed by atoms with Crippen molar-refractivity contribution in [3.63, 3.8) is 0 Å². The molecule has 1 spiro atoms. The third-order valence-electron chi connectivity index (χ3n) is 5.93. The Morgan fingerprint density at radius 3 is 2.88 bits per heavy atom. The number of amides is 1. The molecule has 3 rings (SSSR count). The Morgan fingerprint density at radius 1 is 1.46 bits per heavy atom. The molecule has 0 saturated carbocycles. The minimum Gasteiger partial charge on any atom is -0.381 e. The highest BCUT2D eigenvalue weighted by molar-refractivity contribution is 5.95. The van der Waals surface area contributed by atoms with Gasteiger partial charge in [-0.2, -0.15) is 5.10 Å². The zero-order chi connectivity index (χ0) is 17.2. The molecule has 0 bridgehead atoms. The number of rotatable bonds is 5. The molecular formula is C18H30N4O2. The van der Waals surface area contributed by atoms with Gasteiger partial charge in [0.05, 0.1) is 11.8 Å². The summed E-state index contributed by atoms with van der Waals surface area (Å²) < 4.78 is 7.49. The maximum absolute atomic E-state index is 13.0. The molecule has 3 heterocycles. The van der Waals surface area contributed by atoms with Crippen molar-refractivity contribution in [2.45, 2.75) is 46.1 Å². The lowest BCUT2D eigenvalue weighted by Gasteiger charge is -2.37. The molecule has 1 aromatic heterocycles. The number of unbranched alkanes of at least 4 members (excludes halogenated alkanes) is 1. The molecule has 2 N–H and O–H groups in total. The van der Waals surface area contributed by atoms with Gasteiger partial charge in [0.1, 0.15) is 0 Å². The third-order valence-corrected chi connectivity index (χ3v) is 5.93. The van der Waals surface area contributed by atoms with Crippen molar-refractivity contribution in [1.82, 2.24) is 14.7 Å². The minimum atomic E-state index is 0.108. The van der Waals surface area contributed by atoms with Gasteiger partial charge in [0.2, 0.25) is 0 Å². The lowest BCUT2D eigenvalue weighted by molar-refractivity contribution is 0.00139. The number of nitrogens with zero attached hydrogens (tertiary/aromatic N) is 3. The first-order valence-corrected chi connectivity index (χ1v) is 9.21. The predicted octanol–water partition coefficient (Wildman–Crippen LogP) is 1.82. The fraction of sp³-hybridized carbons (Fsp3) is 0.778. The molecule has 134 valence electrons. The first-order chi connectivity index (χ1) is 11.6. The van der Waals surface area contributed by atoms with E-state index in [9.17, 15) is 4.79 Å². The standard InChI is InChI=1S/C18H30N4O2/c1-3-4-7-22-14(2)16(11-20-22)17(23)21-12-15(10-19)18(13-21)5-8-24-9-6-18/h11,15H,3-10,12-13,19H2,1-2H3. The Hall–Kier alpha value is -1.40. The summed E-state index contributed by atoms with van der Waals surface area (Å²) >= 11 is 0. The number of hydrogen-bond donors (Lipinski definition) is 1. The van der Waals surface area contributed by atoms with Crippen LogP contribution in [0.4, 0.5) is 0 Å². The summed E-state index contributed by atoms with van der Waals surface area (Å²) in [7, 11) is 0. The van der Waals surface area contributed by atoms with Crippen molar-refractivity contribution in [3.05, 3.63) is 17.5 Å². The fourth-order valence-corrected chi connectivity index (χ4v) is 4.22. The molecule has 2 aliphatic heterocycles. The molecule has 2 fully saturated rings. The van der Waals surface area contributed by atoms with Gasteiger partial charge < -0.3 is 15.4 Å². The largest absolute Gasteiger partial charge is 0.381 e. The van der Waals surface area contributed by atoms with E-state index in [0.717, 1.165) is 69.8 Å². The lowest BCUT2D eigenvalue weighted by Crippen LogP contribution is -2.40. The van der Waals surface area contributed by atoms with E-state index in [1.807, 2.05) is 16.5 Å². The van der Waals surface area contributed by atoms with Gasteiger partial charge in [0.25, 0.3) is 5.91 Å². The molecule has 2 aliphatic rings. The van der Waals surface area contributed by atoms with Crippen molar-refractivity contribution >= 4 is 5.91 Å². The molecule has 0 aliphatic carbocycles. The van der Waals surface area contributed by atoms with Gasteiger partial charge >= 0.3 is 0 Å². The summed E-state index contributed by atoms with van der Waals surface area (Å²) in [5, 5.41) is 4.41. The zero-order valence-corrected chi connectivity index (χ0v) is 15.0. The zero-order valence-electron chi connectivity index (χ0n) is 15.0. The SMILES string of the molecule is CCCCn1ncc(C(=O)N2CC(CN)C3(CCOCC3)C2)c1C. The van der Waals surface area contributed by atoms with Crippen molar-refractivity contribution < 1.29 is 9.53 Å². The molecule has 2 saturated heterocycles. The van der Waals surface area contributed by atoms with E-state index in [-0.39, 0.29) is 11.3 Å². The number of hydrogen-bond acceptors (Lipinski definition) is 4. The molecule has 6 nitrogen and oxygen atoms in total. The second-order valence-electron chi connectivity index (χ2n) is 7.31. The average Bonchev–Trinajstić information content (AvgIpc) is 3.14. The summed E-state index contributed by atoms with van der Waals surface area (Å²) in [6.07, 6.45) is 5.95. The minimum absolute atomic E-state index is 0.108. The summed E-state index contributed by atoms with van der Waals surface area (Å²) in [5.74, 6) is 0.484. The molecule has 0 radical (unpaired) electrons. The number of carbonyl (C=O) groups excluding carboxylic acids is 1. The second kappa shape index (κ2) is 7.23. The van der Waals surface area contributed by atoms with Gasteiger partial charge in [-0.1, -0.05) is 13.3 Å². The third kappa shape index (κ3) is 3.09. The maximum Gasteiger partial charge on any atom is 0.257 e. The van der Waals surface area contributed by atoms with Crippen LogP contribution in [0.1, 0.15) is 48.7 Å². The Balaban J connectivity index is 1.75. The van der Waals surface area contributed by atoms with Gasteiger partial charge in [0.15, 0.2) is 0 Å². The quantitative estimate of drug-likeness (QED) is 0.891. The van der Waals surface area contributed by atoms with E-state index in [4.69, 9.17) is 10.5 Å². The Labute approximate surface area is 144 Å². The van der Waals surface area contributed by atoms with Crippen LogP contribution in [-0.4, -0.2) is 53.4 Å². The summed E-state index contributed by atoms with van der Waals surface area (Å²) in [5.41, 5.74) is 7.90. The molecule has 1 amide bonds. The van der Waals surface area contributed by atoms with E-state index >= 15 is 0 Å². The predicted molar refractivity (Wildman–Crippen MR) is 92.8 cm³/mol. The van der Waals surface area contributed by atoms with Crippen LogP contribution >= 0.6 is 0 Å². The summed E-state index contributed by atoms with van der Waals surface area (Å²) in [4.78, 5) is 15.0. The number of nitrogens with two attached hydrogens (primary N) is 1. The van der Waals surface area contributed by atoms with Gasteiger partial charge in [-0.15, -0.1) is 0 Å². The number of ether oxygens (including phenoxy) is 1. The maximum atomic E-state index is 13.0. The number of likely N-dealkylation sites (tertiary alicyclic amines) is 1. The van der Waals surface area contributed by atoms with Crippen molar-refractivity contribution in [2.24, 2.45) is 17.1 Å². The Kier molecular flexibility index (Phi) is 5.25. The van der Waals surface area contributed by atoms with Crippen LogP contribution in [0.5, 0.6) is 0 Å². The summed E-state index contributed by atoms with van der Waals surface area (Å²) in [6, 6.07) is 0. The van der Waals surface area contributed by atoms with Gasteiger partial charge in [-0.05, 0) is 44.1 Å². The van der Waals surface area contributed by atoms with E-state index < -0.39 is 0 Å². The highest BCUT2D eigenvalue weighted by atomic mass is 16.5. The molecule has 1 atom stereocenters. The average molecular weight is 334 g/mol. The monoisotopic (exact) mass is 334 g/mol. The van der Waals surface area contributed by atoms with E-state index in [0.29, 0.717) is 12.5 Å². The van der Waals surface area contributed by atoms with Crippen LogP contribution in [0.3, 0.4) is 0 Å². The van der Waals surface area contributed by atoms with Gasteiger partial charge in [-0.25, -0.2) is 0 Å². The Bertz CT molecular complexity index is 578. The number of aromatic nitrogens is 2. The normalized spacial score (nSPS) is 23.1. The molecule has 0 aromatic carbocycles. The lowest BCUT2D eigenvalue weighted by atomic mass is 9.72. The van der Waals surface area contributed by atoms with Crippen molar-refractivity contribution in [3.8, 4) is 0 Å². The van der Waals surface area contributed by atoms with Crippen molar-refractivity contribution in [2.75, 3.05) is 32.8 Å². The van der Waals surface area contributed by atoms with Crippen LogP contribution in [-0.2, 0) is 11.3 Å². The molecular weight excluding hydrogens is 304 g/mol. The molecule has 24 heavy (non-hydrogen) atoms. The van der Waals surface area contributed by atoms with Gasteiger partial charge in [0, 0.05) is 38.5 Å². The smallest absolute Gasteiger partial charge is 0.257 e. The second-order valence-corrected chi connectivity index (χ2v) is 7.31. The van der Waals surface area contributed by atoms with Gasteiger partial charge in [-0.3, -0.25) is 9.48 Å². The van der Waals surface area contributed by atoms with E-state index in [2.05, 4.69) is 12.0 Å². The van der Waals surface area contributed by atoms with Crippen LogP contribution in [0.15, 0.2) is 6.20 Å². The molecule has 6 heteroatoms. The topological polar surface area (TPSA) is 73.4 Å². The van der Waals surface area contributed by atoms with Crippen molar-refractivity contribution in [1.29, 1.82) is 0 Å². The number of carbonyl (C=O) groups is 1. The van der Waals surface area contributed by atoms with E-state index in [1.54, 1.807) is 6.20 Å². The highest BCUT2D eigenvalue weighted by Gasteiger charge is 2.48. The van der Waals surface area contributed by atoms with Crippen LogP contribution in [0.2, 0.25) is 0 Å². The van der Waals surface area contributed by atoms with Crippen LogP contribution < -0.4 is 5.73 Å². The van der Waals surface area contributed by atoms with E-state index in [1.165, 1.54) is 0 Å². The highest BCUT2D eigenvalue weighted by Crippen LogP contribution is 2.44. The molecule has 1 unspecified atom stereocenters.